The molecule has 0 saturated carbocycles. The lowest BCUT2D eigenvalue weighted by molar-refractivity contribution is -0.118. The van der Waals surface area contributed by atoms with Crippen LogP contribution in [-0.4, -0.2) is 29.4 Å². The molecular formula is C20H23BrN2O3. The highest BCUT2D eigenvalue weighted by Gasteiger charge is 2.21. The third-order valence-electron chi connectivity index (χ3n) is 3.67. The van der Waals surface area contributed by atoms with Crippen LogP contribution in [0.2, 0.25) is 0 Å². The van der Waals surface area contributed by atoms with Crippen molar-refractivity contribution in [3.05, 3.63) is 64.1 Å². The number of nitrogens with zero attached hydrogens (tertiary/aromatic N) is 1. The number of nitrogens with two attached hydrogens (primary N) is 1. The van der Waals surface area contributed by atoms with E-state index < -0.39 is 5.91 Å². The van der Waals surface area contributed by atoms with Crippen LogP contribution in [0, 0.1) is 0 Å². The molecule has 2 rings (SSSR count). The second-order valence-corrected chi connectivity index (χ2v) is 7.15. The zero-order valence-corrected chi connectivity index (χ0v) is 16.5. The van der Waals surface area contributed by atoms with Crippen molar-refractivity contribution in [3.63, 3.8) is 0 Å². The van der Waals surface area contributed by atoms with Crippen LogP contribution in [0.1, 0.15) is 36.2 Å². The first-order valence-electron chi connectivity index (χ1n) is 8.44. The summed E-state index contributed by atoms with van der Waals surface area (Å²) in [5.74, 6) is -0.124. The Hall–Kier alpha value is -2.34. The van der Waals surface area contributed by atoms with Gasteiger partial charge in [-0.05, 0) is 37.6 Å². The molecule has 138 valence electrons. The molecule has 0 bridgehead atoms. The molecule has 0 unspecified atom stereocenters. The average Bonchev–Trinajstić information content (AvgIpc) is 2.60. The Bertz CT molecular complexity index is 763. The smallest absolute Gasteiger partial charge is 0.257 e. The highest BCUT2D eigenvalue weighted by Crippen LogP contribution is 2.26. The van der Waals surface area contributed by atoms with Gasteiger partial charge in [0.1, 0.15) is 5.75 Å². The third kappa shape index (κ3) is 5.88. The molecular weight excluding hydrogens is 396 g/mol. The molecule has 2 N–H and O–H groups in total. The highest BCUT2D eigenvalue weighted by atomic mass is 79.9. The number of benzene rings is 2. The van der Waals surface area contributed by atoms with Crippen LogP contribution in [0.4, 0.5) is 0 Å². The summed E-state index contributed by atoms with van der Waals surface area (Å²) in [5, 5.41) is 0. The van der Waals surface area contributed by atoms with Gasteiger partial charge in [-0.1, -0.05) is 46.3 Å². The number of hydrogen-bond acceptors (Lipinski definition) is 3. The fourth-order valence-corrected chi connectivity index (χ4v) is 2.86. The molecule has 0 saturated heterocycles. The van der Waals surface area contributed by atoms with Gasteiger partial charge in [-0.25, -0.2) is 0 Å². The lowest BCUT2D eigenvalue weighted by Crippen LogP contribution is -2.34. The fraction of sp³-hybridized carbons (Fsp3) is 0.300. The van der Waals surface area contributed by atoms with Crippen molar-refractivity contribution in [2.45, 2.75) is 32.9 Å². The van der Waals surface area contributed by atoms with E-state index in [9.17, 15) is 9.59 Å². The number of amides is 2. The summed E-state index contributed by atoms with van der Waals surface area (Å²) < 4.78 is 6.57. The maximum atomic E-state index is 13.2. The first-order valence-corrected chi connectivity index (χ1v) is 9.24. The van der Waals surface area contributed by atoms with Gasteiger partial charge >= 0.3 is 0 Å². The van der Waals surface area contributed by atoms with Crippen LogP contribution >= 0.6 is 15.9 Å². The molecule has 0 spiro atoms. The van der Waals surface area contributed by atoms with Gasteiger partial charge in [-0.2, -0.15) is 0 Å². The Labute approximate surface area is 162 Å². The van der Waals surface area contributed by atoms with Gasteiger partial charge in [0.15, 0.2) is 0 Å². The average molecular weight is 419 g/mol. The van der Waals surface area contributed by atoms with Crippen LogP contribution in [0.3, 0.4) is 0 Å². The third-order valence-corrected chi connectivity index (χ3v) is 4.16. The molecule has 26 heavy (non-hydrogen) atoms. The molecule has 0 aromatic heterocycles. The predicted octanol–water partition coefficient (Wildman–Crippen LogP) is 3.75. The fourth-order valence-electron chi connectivity index (χ4n) is 2.50. The molecule has 0 aliphatic rings. The van der Waals surface area contributed by atoms with Gasteiger partial charge in [-0.15, -0.1) is 0 Å². The summed E-state index contributed by atoms with van der Waals surface area (Å²) in [6, 6.07) is 15.0. The van der Waals surface area contributed by atoms with Gasteiger partial charge < -0.3 is 15.4 Å². The molecule has 0 aliphatic heterocycles. The van der Waals surface area contributed by atoms with Crippen LogP contribution < -0.4 is 10.5 Å². The summed E-state index contributed by atoms with van der Waals surface area (Å²) in [4.78, 5) is 26.0. The first kappa shape index (κ1) is 20.0. The Morgan fingerprint density at radius 2 is 1.85 bits per heavy atom. The number of rotatable bonds is 8. The molecule has 2 aromatic carbocycles. The standard InChI is InChI=1S/C20H23BrN2O3/c1-14(2)26-18-9-8-16(21)12-17(18)20(25)23(11-10-19(22)24)13-15-6-4-3-5-7-15/h3-9,12,14H,10-11,13H2,1-2H3,(H2,22,24). The van der Waals surface area contributed by atoms with Crippen LogP contribution in [-0.2, 0) is 11.3 Å². The molecule has 0 fully saturated rings. The topological polar surface area (TPSA) is 72.6 Å². The lowest BCUT2D eigenvalue weighted by atomic mass is 10.1. The van der Waals surface area contributed by atoms with E-state index in [4.69, 9.17) is 10.5 Å². The number of carbonyl (C=O) groups excluding carboxylic acids is 2. The van der Waals surface area contributed by atoms with E-state index >= 15 is 0 Å². The van der Waals surface area contributed by atoms with Crippen molar-refractivity contribution in [3.8, 4) is 5.75 Å². The van der Waals surface area contributed by atoms with Gasteiger partial charge in [0.05, 0.1) is 11.7 Å². The molecule has 2 amide bonds. The van der Waals surface area contributed by atoms with E-state index in [1.54, 1.807) is 17.0 Å². The van der Waals surface area contributed by atoms with Crippen molar-refractivity contribution in [2.24, 2.45) is 5.73 Å². The summed E-state index contributed by atoms with van der Waals surface area (Å²) in [7, 11) is 0. The molecule has 6 heteroatoms. The summed E-state index contributed by atoms with van der Waals surface area (Å²) in [5.41, 5.74) is 6.71. The number of halogens is 1. The number of primary amides is 1. The largest absolute Gasteiger partial charge is 0.490 e. The highest BCUT2D eigenvalue weighted by molar-refractivity contribution is 9.10. The van der Waals surface area contributed by atoms with E-state index in [0.29, 0.717) is 17.9 Å². The summed E-state index contributed by atoms with van der Waals surface area (Å²) in [6.07, 6.45) is 0.0448. The Kier molecular flexibility index (Phi) is 7.21. The molecule has 0 heterocycles. The van der Waals surface area contributed by atoms with Crippen molar-refractivity contribution >= 4 is 27.7 Å². The van der Waals surface area contributed by atoms with E-state index in [1.807, 2.05) is 50.2 Å². The van der Waals surface area contributed by atoms with Crippen LogP contribution in [0.15, 0.2) is 53.0 Å². The number of ether oxygens (including phenoxy) is 1. The lowest BCUT2D eigenvalue weighted by Gasteiger charge is -2.24. The second-order valence-electron chi connectivity index (χ2n) is 6.24. The zero-order chi connectivity index (χ0) is 19.1. The molecule has 5 nitrogen and oxygen atoms in total. The summed E-state index contributed by atoms with van der Waals surface area (Å²) >= 11 is 3.41. The van der Waals surface area contributed by atoms with Gasteiger partial charge in [0.25, 0.3) is 5.91 Å². The van der Waals surface area contributed by atoms with Crippen molar-refractivity contribution < 1.29 is 14.3 Å². The first-order chi connectivity index (χ1) is 12.4. The summed E-state index contributed by atoms with van der Waals surface area (Å²) in [6.45, 7) is 4.45. The minimum Gasteiger partial charge on any atom is -0.490 e. The van der Waals surface area contributed by atoms with Gasteiger partial charge in [0, 0.05) is 24.0 Å². The van der Waals surface area contributed by atoms with Crippen LogP contribution in [0.25, 0.3) is 0 Å². The Morgan fingerprint density at radius 1 is 1.15 bits per heavy atom. The van der Waals surface area contributed by atoms with E-state index in [0.717, 1.165) is 10.0 Å². The van der Waals surface area contributed by atoms with Crippen molar-refractivity contribution in [1.29, 1.82) is 0 Å². The van der Waals surface area contributed by atoms with E-state index in [1.165, 1.54) is 0 Å². The molecule has 0 radical (unpaired) electrons. The second kappa shape index (κ2) is 9.38. The quantitative estimate of drug-likeness (QED) is 0.708. The van der Waals surface area contributed by atoms with E-state index in [2.05, 4.69) is 15.9 Å². The van der Waals surface area contributed by atoms with Crippen molar-refractivity contribution in [2.75, 3.05) is 6.54 Å². The van der Waals surface area contributed by atoms with Crippen molar-refractivity contribution in [1.82, 2.24) is 4.90 Å². The maximum absolute atomic E-state index is 13.2. The minimum atomic E-state index is -0.441. The predicted molar refractivity (Wildman–Crippen MR) is 105 cm³/mol. The Morgan fingerprint density at radius 3 is 2.46 bits per heavy atom. The molecule has 0 aliphatic carbocycles. The molecule has 2 aromatic rings. The van der Waals surface area contributed by atoms with Gasteiger partial charge in [0.2, 0.25) is 5.91 Å². The zero-order valence-electron chi connectivity index (χ0n) is 14.9. The van der Waals surface area contributed by atoms with Gasteiger partial charge in [-0.3, -0.25) is 9.59 Å². The SMILES string of the molecule is CC(C)Oc1ccc(Br)cc1C(=O)N(CCC(N)=O)Cc1ccccc1. The Balaban J connectivity index is 2.32. The number of carbonyl (C=O) groups is 2. The maximum Gasteiger partial charge on any atom is 0.257 e. The minimum absolute atomic E-state index is 0.0593. The van der Waals surface area contributed by atoms with Crippen LogP contribution in [0.5, 0.6) is 5.75 Å². The van der Waals surface area contributed by atoms with E-state index in [-0.39, 0.29) is 25.0 Å². The molecule has 0 atom stereocenters. The monoisotopic (exact) mass is 418 g/mol. The number of hydrogen-bond donors (Lipinski definition) is 1. The normalized spacial score (nSPS) is 10.6.